The van der Waals surface area contributed by atoms with Crippen molar-refractivity contribution in [2.24, 2.45) is 0 Å². The summed E-state index contributed by atoms with van der Waals surface area (Å²) in [5, 5.41) is 0. The summed E-state index contributed by atoms with van der Waals surface area (Å²) in [7, 11) is 0. The van der Waals surface area contributed by atoms with Crippen molar-refractivity contribution in [1.82, 2.24) is 0 Å². The van der Waals surface area contributed by atoms with Crippen LogP contribution in [0.3, 0.4) is 0 Å². The first kappa shape index (κ1) is 27.8. The molecule has 2 aromatic rings. The highest BCUT2D eigenvalue weighted by Gasteiger charge is 2.27. The minimum Gasteiger partial charge on any atom is -0.491 e. The molecule has 0 unspecified atom stereocenters. The Morgan fingerprint density at radius 3 is 1.26 bits per heavy atom. The standard InChI is InChI=1S/C23H26Br4Cl2O2/c1-23(2,15-11-17(24)21(18(25)12-15)30-9-5-3-7-28)16-13-19(26)22(20(27)14-16)31-10-6-4-8-29/h11-14H,3-10H2,1-2H3. The van der Waals surface area contributed by atoms with Crippen LogP contribution in [0.1, 0.15) is 50.7 Å². The lowest BCUT2D eigenvalue weighted by atomic mass is 9.78. The largest absolute Gasteiger partial charge is 0.491 e. The smallest absolute Gasteiger partial charge is 0.147 e. The van der Waals surface area contributed by atoms with Gasteiger partial charge in [0.1, 0.15) is 11.5 Å². The summed E-state index contributed by atoms with van der Waals surface area (Å²) in [5.74, 6) is 2.94. The van der Waals surface area contributed by atoms with Crippen LogP contribution in [0, 0.1) is 0 Å². The van der Waals surface area contributed by atoms with E-state index in [0.29, 0.717) is 25.0 Å². The molecule has 172 valence electrons. The molecule has 2 rings (SSSR count). The number of rotatable bonds is 12. The molecule has 0 bridgehead atoms. The Kier molecular flexibility index (Phi) is 12.0. The first-order valence-electron chi connectivity index (χ1n) is 10.1. The van der Waals surface area contributed by atoms with E-state index in [2.05, 4.69) is 102 Å². The Morgan fingerprint density at radius 1 is 0.645 bits per heavy atom. The number of alkyl halides is 2. The second-order valence-electron chi connectivity index (χ2n) is 7.65. The van der Waals surface area contributed by atoms with Gasteiger partial charge in [0.05, 0.1) is 31.1 Å². The fourth-order valence-corrected chi connectivity index (χ4v) is 6.23. The van der Waals surface area contributed by atoms with E-state index in [1.165, 1.54) is 0 Å². The zero-order valence-electron chi connectivity index (χ0n) is 17.6. The Morgan fingerprint density at radius 2 is 0.968 bits per heavy atom. The molecule has 0 aliphatic rings. The minimum atomic E-state index is -0.246. The van der Waals surface area contributed by atoms with E-state index >= 15 is 0 Å². The summed E-state index contributed by atoms with van der Waals surface area (Å²) >= 11 is 26.2. The maximum absolute atomic E-state index is 5.96. The zero-order chi connectivity index (χ0) is 23.0. The van der Waals surface area contributed by atoms with Gasteiger partial charge < -0.3 is 9.47 Å². The number of unbranched alkanes of at least 4 members (excludes halogenated alkanes) is 2. The summed E-state index contributed by atoms with van der Waals surface area (Å²) in [4.78, 5) is 0. The first-order chi connectivity index (χ1) is 14.7. The van der Waals surface area contributed by atoms with Crippen molar-refractivity contribution in [3.05, 3.63) is 53.3 Å². The SMILES string of the molecule is CC(C)(c1cc(Br)c(OCCCCCl)c(Br)c1)c1cc(Br)c(OCCCCCl)c(Br)c1. The zero-order valence-corrected chi connectivity index (χ0v) is 25.4. The number of halogens is 6. The fourth-order valence-electron chi connectivity index (χ4n) is 3.03. The maximum Gasteiger partial charge on any atom is 0.147 e. The van der Waals surface area contributed by atoms with E-state index in [1.807, 2.05) is 0 Å². The monoisotopic (exact) mass is 720 g/mol. The molecular weight excluding hydrogens is 699 g/mol. The van der Waals surface area contributed by atoms with Gasteiger partial charge in [0, 0.05) is 17.2 Å². The molecule has 0 radical (unpaired) electrons. The van der Waals surface area contributed by atoms with Crippen LogP contribution in [0.15, 0.2) is 42.2 Å². The molecule has 0 aliphatic heterocycles. The van der Waals surface area contributed by atoms with Crippen LogP contribution < -0.4 is 9.47 Å². The second-order valence-corrected chi connectivity index (χ2v) is 11.8. The highest BCUT2D eigenvalue weighted by Crippen LogP contribution is 2.44. The molecule has 0 saturated heterocycles. The van der Waals surface area contributed by atoms with E-state index in [9.17, 15) is 0 Å². The number of benzene rings is 2. The van der Waals surface area contributed by atoms with Crippen molar-refractivity contribution in [3.63, 3.8) is 0 Å². The second kappa shape index (κ2) is 13.4. The van der Waals surface area contributed by atoms with E-state index in [-0.39, 0.29) is 5.41 Å². The summed E-state index contributed by atoms with van der Waals surface area (Å²) in [6.07, 6.45) is 3.74. The van der Waals surface area contributed by atoms with Crippen LogP contribution in [0.4, 0.5) is 0 Å². The Hall–Kier alpha value is 0.540. The molecule has 0 fully saturated rings. The molecule has 2 aromatic carbocycles. The van der Waals surface area contributed by atoms with Crippen molar-refractivity contribution in [1.29, 1.82) is 0 Å². The van der Waals surface area contributed by atoms with Crippen molar-refractivity contribution in [2.75, 3.05) is 25.0 Å². The molecule has 0 saturated carbocycles. The van der Waals surface area contributed by atoms with Gasteiger partial charge in [0.15, 0.2) is 0 Å². The van der Waals surface area contributed by atoms with Gasteiger partial charge in [-0.2, -0.15) is 0 Å². The van der Waals surface area contributed by atoms with E-state index in [1.54, 1.807) is 0 Å². The number of hydrogen-bond acceptors (Lipinski definition) is 2. The lowest BCUT2D eigenvalue weighted by Gasteiger charge is -2.28. The van der Waals surface area contributed by atoms with Gasteiger partial charge in [0.25, 0.3) is 0 Å². The van der Waals surface area contributed by atoms with Gasteiger partial charge in [-0.15, -0.1) is 23.2 Å². The van der Waals surface area contributed by atoms with Gasteiger partial charge in [-0.25, -0.2) is 0 Å². The fraction of sp³-hybridized carbons (Fsp3) is 0.478. The van der Waals surface area contributed by atoms with Crippen molar-refractivity contribution in [3.8, 4) is 11.5 Å². The molecule has 2 nitrogen and oxygen atoms in total. The summed E-state index contributed by atoms with van der Waals surface area (Å²) < 4.78 is 15.6. The molecular formula is C23H26Br4Cl2O2. The minimum absolute atomic E-state index is 0.246. The predicted molar refractivity (Wildman–Crippen MR) is 147 cm³/mol. The third-order valence-corrected chi connectivity index (χ3v) is 7.88. The highest BCUT2D eigenvalue weighted by molar-refractivity contribution is 9.11. The van der Waals surface area contributed by atoms with Gasteiger partial charge in [-0.05, 0) is 125 Å². The van der Waals surface area contributed by atoms with Crippen molar-refractivity contribution >= 4 is 86.9 Å². The van der Waals surface area contributed by atoms with Crippen molar-refractivity contribution < 1.29 is 9.47 Å². The third-order valence-electron chi connectivity index (χ3n) is 4.99. The van der Waals surface area contributed by atoms with Crippen molar-refractivity contribution in [2.45, 2.75) is 44.9 Å². The molecule has 0 N–H and O–H groups in total. The molecule has 0 amide bonds. The molecule has 8 heteroatoms. The first-order valence-corrected chi connectivity index (χ1v) is 14.3. The Labute approximate surface area is 229 Å². The number of ether oxygens (including phenoxy) is 2. The summed E-state index contributed by atoms with van der Waals surface area (Å²) in [6.45, 7) is 5.69. The Bertz CT molecular complexity index is 759. The molecule has 0 aromatic heterocycles. The maximum atomic E-state index is 5.96. The lowest BCUT2D eigenvalue weighted by molar-refractivity contribution is 0.305. The molecule has 0 heterocycles. The number of hydrogen-bond donors (Lipinski definition) is 0. The molecule has 0 spiro atoms. The van der Waals surface area contributed by atoms with Crippen LogP contribution in [-0.2, 0) is 5.41 Å². The van der Waals surface area contributed by atoms with Gasteiger partial charge in [-0.3, -0.25) is 0 Å². The van der Waals surface area contributed by atoms with Crippen LogP contribution >= 0.6 is 86.9 Å². The van der Waals surface area contributed by atoms with E-state index in [0.717, 1.165) is 66.2 Å². The molecule has 31 heavy (non-hydrogen) atoms. The highest BCUT2D eigenvalue weighted by atomic mass is 79.9. The van der Waals surface area contributed by atoms with Crippen LogP contribution in [-0.4, -0.2) is 25.0 Å². The van der Waals surface area contributed by atoms with Crippen LogP contribution in [0.5, 0.6) is 11.5 Å². The quantitative estimate of drug-likeness (QED) is 0.160. The molecule has 0 atom stereocenters. The lowest BCUT2D eigenvalue weighted by Crippen LogP contribution is -2.19. The van der Waals surface area contributed by atoms with Crippen LogP contribution in [0.25, 0.3) is 0 Å². The van der Waals surface area contributed by atoms with Gasteiger partial charge in [0.2, 0.25) is 0 Å². The predicted octanol–water partition coefficient (Wildman–Crippen LogP) is 9.86. The molecule has 0 aliphatic carbocycles. The van der Waals surface area contributed by atoms with E-state index in [4.69, 9.17) is 32.7 Å². The van der Waals surface area contributed by atoms with Gasteiger partial charge in [-0.1, -0.05) is 13.8 Å². The summed E-state index contributed by atoms with van der Waals surface area (Å²) in [6, 6.07) is 8.50. The van der Waals surface area contributed by atoms with E-state index < -0.39 is 0 Å². The normalized spacial score (nSPS) is 11.6. The van der Waals surface area contributed by atoms with Gasteiger partial charge >= 0.3 is 0 Å². The third kappa shape index (κ3) is 7.78. The van der Waals surface area contributed by atoms with Crippen LogP contribution in [0.2, 0.25) is 0 Å². The Balaban J connectivity index is 2.26. The topological polar surface area (TPSA) is 18.5 Å². The summed E-state index contributed by atoms with van der Waals surface area (Å²) in [5.41, 5.74) is 2.08. The average molecular weight is 725 g/mol. The average Bonchev–Trinajstić information content (AvgIpc) is 2.71.